The number of ether oxygens (including phenoxy) is 10. The third-order valence-electron chi connectivity index (χ3n) is 6.48. The Morgan fingerprint density at radius 1 is 0.605 bits per heavy atom. The topological polar surface area (TPSA) is 92.3 Å². The minimum absolute atomic E-state index is 0.319. The van der Waals surface area contributed by atoms with Crippen molar-refractivity contribution < 1.29 is 47.4 Å². The van der Waals surface area contributed by atoms with Gasteiger partial charge in [0.1, 0.15) is 37.6 Å². The second-order valence-electron chi connectivity index (χ2n) is 8.99. The van der Waals surface area contributed by atoms with E-state index in [1.54, 1.807) is 7.11 Å². The number of para-hydroxylation sites is 2. The predicted molar refractivity (Wildman–Crippen MR) is 134 cm³/mol. The summed E-state index contributed by atoms with van der Waals surface area (Å²) in [6, 6.07) is 17.4. The molecule has 0 radical (unpaired) electrons. The molecule has 0 amide bonds. The summed E-state index contributed by atoms with van der Waals surface area (Å²) in [6.07, 6.45) is -2.98. The lowest BCUT2D eigenvalue weighted by molar-refractivity contribution is -0.368. The lowest BCUT2D eigenvalue weighted by Gasteiger charge is -2.48. The van der Waals surface area contributed by atoms with Crippen molar-refractivity contribution in [3.05, 3.63) is 60.2 Å². The number of benzene rings is 2. The predicted octanol–water partition coefficient (Wildman–Crippen LogP) is 2.75. The van der Waals surface area contributed by atoms with Gasteiger partial charge in [-0.05, 0) is 12.1 Å². The van der Waals surface area contributed by atoms with Crippen LogP contribution in [0.5, 0.6) is 11.5 Å². The van der Waals surface area contributed by atoms with Crippen molar-refractivity contribution in [3.8, 4) is 11.5 Å². The minimum atomic E-state index is -0.651. The van der Waals surface area contributed by atoms with E-state index in [0.29, 0.717) is 71.0 Å². The zero-order valence-electron chi connectivity index (χ0n) is 21.6. The van der Waals surface area contributed by atoms with Crippen LogP contribution in [0.4, 0.5) is 0 Å². The van der Waals surface area contributed by atoms with E-state index in [2.05, 4.69) is 0 Å². The lowest BCUT2D eigenvalue weighted by Crippen LogP contribution is -2.63. The van der Waals surface area contributed by atoms with Crippen LogP contribution in [-0.4, -0.2) is 97.3 Å². The van der Waals surface area contributed by atoms with Gasteiger partial charge in [-0.2, -0.15) is 0 Å². The van der Waals surface area contributed by atoms with Gasteiger partial charge >= 0.3 is 0 Å². The maximum atomic E-state index is 6.39. The van der Waals surface area contributed by atoms with E-state index in [1.165, 1.54) is 0 Å². The molecule has 0 aliphatic carbocycles. The van der Waals surface area contributed by atoms with Crippen LogP contribution in [0.2, 0.25) is 0 Å². The number of rotatable bonds is 2. The van der Waals surface area contributed by atoms with E-state index in [0.717, 1.165) is 5.56 Å². The van der Waals surface area contributed by atoms with Gasteiger partial charge in [-0.1, -0.05) is 42.5 Å². The number of fused-ring (bicyclic) bond motifs is 4. The second kappa shape index (κ2) is 14.2. The fraction of sp³-hybridized carbons (Fsp3) is 0.571. The summed E-state index contributed by atoms with van der Waals surface area (Å²) < 4.78 is 60.0. The summed E-state index contributed by atoms with van der Waals surface area (Å²) >= 11 is 0. The van der Waals surface area contributed by atoms with Crippen LogP contribution < -0.4 is 9.47 Å². The molecule has 208 valence electrons. The summed E-state index contributed by atoms with van der Waals surface area (Å²) in [6.45, 7) is 3.32. The summed E-state index contributed by atoms with van der Waals surface area (Å²) in [5, 5.41) is 0. The first-order chi connectivity index (χ1) is 18.8. The molecule has 10 heteroatoms. The Morgan fingerprint density at radius 2 is 1.21 bits per heavy atom. The van der Waals surface area contributed by atoms with Crippen LogP contribution in [0.3, 0.4) is 0 Å². The summed E-state index contributed by atoms with van der Waals surface area (Å²) in [7, 11) is 1.59. The average Bonchev–Trinajstić information content (AvgIpc) is 2.96. The second-order valence-corrected chi connectivity index (χ2v) is 8.99. The molecule has 0 bridgehead atoms. The van der Waals surface area contributed by atoms with Gasteiger partial charge in [0.25, 0.3) is 0 Å². The van der Waals surface area contributed by atoms with Gasteiger partial charge in [0.2, 0.25) is 0 Å². The van der Waals surface area contributed by atoms with Crippen LogP contribution in [0, 0.1) is 0 Å². The highest BCUT2D eigenvalue weighted by Crippen LogP contribution is 2.36. The van der Waals surface area contributed by atoms with Gasteiger partial charge in [0.15, 0.2) is 24.1 Å². The van der Waals surface area contributed by atoms with Gasteiger partial charge in [0.05, 0.1) is 46.2 Å². The van der Waals surface area contributed by atoms with Crippen molar-refractivity contribution in [2.45, 2.75) is 37.0 Å². The first kappa shape index (κ1) is 27.3. The van der Waals surface area contributed by atoms with Gasteiger partial charge in [-0.25, -0.2) is 0 Å². The third-order valence-corrected chi connectivity index (χ3v) is 6.48. The van der Waals surface area contributed by atoms with Crippen LogP contribution in [-0.2, 0) is 37.9 Å². The molecular weight excluding hydrogens is 496 g/mol. The third kappa shape index (κ3) is 7.02. The van der Waals surface area contributed by atoms with Crippen molar-refractivity contribution >= 4 is 0 Å². The molecule has 0 unspecified atom stereocenters. The Labute approximate surface area is 222 Å². The molecule has 5 rings (SSSR count). The standard InChI is InChI=1S/C28H36O10/c1-29-28-26-25(24-23(37-28)19-36-27(38-24)20-7-3-2-4-8-20)34-17-13-30-11-15-32-21-9-5-6-10-22(21)33-16-12-31-14-18-35-26/h2-10,23-28H,11-19H2,1H3/t23-,24-,25-,26-,27-,28+/m1/s1. The quantitative estimate of drug-likeness (QED) is 0.575. The highest BCUT2D eigenvalue weighted by molar-refractivity contribution is 5.39. The molecule has 10 nitrogen and oxygen atoms in total. The van der Waals surface area contributed by atoms with Crippen molar-refractivity contribution in [2.75, 3.05) is 66.6 Å². The monoisotopic (exact) mass is 532 g/mol. The maximum Gasteiger partial charge on any atom is 0.186 e. The molecule has 0 spiro atoms. The lowest BCUT2D eigenvalue weighted by atomic mass is 9.97. The molecular formula is C28H36O10. The molecule has 6 atom stereocenters. The van der Waals surface area contributed by atoms with Crippen LogP contribution in [0.15, 0.2) is 54.6 Å². The molecule has 2 aromatic carbocycles. The number of hydrogen-bond donors (Lipinski definition) is 0. The normalized spacial score (nSPS) is 31.7. The number of hydrogen-bond acceptors (Lipinski definition) is 10. The van der Waals surface area contributed by atoms with E-state index in [1.807, 2.05) is 54.6 Å². The summed E-state index contributed by atoms with van der Waals surface area (Å²) in [5.74, 6) is 1.34. The highest BCUT2D eigenvalue weighted by Gasteiger charge is 2.51. The van der Waals surface area contributed by atoms with Crippen molar-refractivity contribution in [1.82, 2.24) is 0 Å². The van der Waals surface area contributed by atoms with Crippen LogP contribution in [0.25, 0.3) is 0 Å². The first-order valence-electron chi connectivity index (χ1n) is 13.1. The average molecular weight is 533 g/mol. The molecule has 38 heavy (non-hydrogen) atoms. The van der Waals surface area contributed by atoms with E-state index >= 15 is 0 Å². The SMILES string of the molecule is CO[C@H]1O[C@@H]2CO[C@@H](c3ccccc3)O[C@H]2[C@H]2OCCOCCOc3ccccc3OCCOCCO[C@@H]12. The zero-order valence-corrected chi connectivity index (χ0v) is 21.6. The molecule has 3 aliphatic heterocycles. The number of methoxy groups -OCH3 is 1. The molecule has 2 aromatic rings. The Kier molecular flexibility index (Phi) is 10.2. The Morgan fingerprint density at radius 3 is 1.87 bits per heavy atom. The molecule has 2 saturated heterocycles. The van der Waals surface area contributed by atoms with Crippen molar-refractivity contribution in [2.24, 2.45) is 0 Å². The van der Waals surface area contributed by atoms with E-state index < -0.39 is 30.9 Å². The maximum absolute atomic E-state index is 6.39. The minimum Gasteiger partial charge on any atom is -0.487 e. The molecule has 0 saturated carbocycles. The van der Waals surface area contributed by atoms with E-state index in [-0.39, 0.29) is 6.10 Å². The van der Waals surface area contributed by atoms with Crippen LogP contribution >= 0.6 is 0 Å². The van der Waals surface area contributed by atoms with Gasteiger partial charge in [-0.3, -0.25) is 0 Å². The molecule has 3 aliphatic rings. The smallest absolute Gasteiger partial charge is 0.186 e. The zero-order chi connectivity index (χ0) is 26.0. The van der Waals surface area contributed by atoms with Gasteiger partial charge in [-0.15, -0.1) is 0 Å². The Hall–Kier alpha value is -2.28. The molecule has 2 fully saturated rings. The van der Waals surface area contributed by atoms with Gasteiger partial charge < -0.3 is 47.4 Å². The Bertz CT molecular complexity index is 960. The first-order valence-corrected chi connectivity index (χ1v) is 13.1. The highest BCUT2D eigenvalue weighted by atomic mass is 16.8. The summed E-state index contributed by atoms with van der Waals surface area (Å²) in [4.78, 5) is 0. The molecule has 0 aromatic heterocycles. The fourth-order valence-corrected chi connectivity index (χ4v) is 4.68. The largest absolute Gasteiger partial charge is 0.487 e. The van der Waals surface area contributed by atoms with Crippen molar-refractivity contribution in [1.29, 1.82) is 0 Å². The fourth-order valence-electron chi connectivity index (χ4n) is 4.68. The van der Waals surface area contributed by atoms with Crippen molar-refractivity contribution in [3.63, 3.8) is 0 Å². The molecule has 3 heterocycles. The molecule has 0 N–H and O–H groups in total. The van der Waals surface area contributed by atoms with E-state index in [4.69, 9.17) is 47.4 Å². The van der Waals surface area contributed by atoms with Gasteiger partial charge in [0, 0.05) is 12.7 Å². The van der Waals surface area contributed by atoms with Crippen LogP contribution in [0.1, 0.15) is 11.9 Å². The Balaban J connectivity index is 1.26. The summed E-state index contributed by atoms with van der Waals surface area (Å²) in [5.41, 5.74) is 0.929. The van der Waals surface area contributed by atoms with E-state index in [9.17, 15) is 0 Å².